The second-order valence-electron chi connectivity index (χ2n) is 8.50. The highest BCUT2D eigenvalue weighted by Crippen LogP contribution is 2.29. The topological polar surface area (TPSA) is 106 Å². The van der Waals surface area contributed by atoms with Gasteiger partial charge in [0, 0.05) is 29.0 Å². The molecule has 4 aromatic rings. The Morgan fingerprint density at radius 3 is 2.83 bits per heavy atom. The molecule has 1 atom stereocenters. The molecule has 184 valence electrons. The number of ether oxygens (including phenoxy) is 1. The molecule has 0 aliphatic heterocycles. The number of carbonyl (C=O) groups excluding carboxylic acids is 1. The molecular weight excluding hydrogens is 464 g/mol. The molecule has 0 spiro atoms. The lowest BCUT2D eigenvalue weighted by Crippen LogP contribution is -2.33. The maximum absolute atomic E-state index is 13.0. The molecule has 1 N–H and O–H groups in total. The average molecular weight is 495 g/mol. The fraction of sp³-hybridized carbons (Fsp3) is 0.400. The summed E-state index contributed by atoms with van der Waals surface area (Å²) in [6.45, 7) is 7.18. The number of esters is 1. The minimum absolute atomic E-state index is 0.0565. The van der Waals surface area contributed by atoms with Gasteiger partial charge in [-0.15, -0.1) is 16.4 Å². The summed E-state index contributed by atoms with van der Waals surface area (Å²) in [6, 6.07) is 11.9. The van der Waals surface area contributed by atoms with Gasteiger partial charge in [-0.25, -0.2) is 4.68 Å². The van der Waals surface area contributed by atoms with E-state index < -0.39 is 0 Å². The number of H-pyrrole nitrogens is 1. The number of nitrogens with one attached hydrogen (secondary N) is 1. The lowest BCUT2D eigenvalue weighted by molar-refractivity contribution is -0.144. The quantitative estimate of drug-likeness (QED) is 0.314. The van der Waals surface area contributed by atoms with E-state index in [-0.39, 0.29) is 24.1 Å². The fourth-order valence-electron chi connectivity index (χ4n) is 4.23. The van der Waals surface area contributed by atoms with E-state index in [0.717, 1.165) is 29.3 Å². The van der Waals surface area contributed by atoms with Crippen molar-refractivity contribution in [3.05, 3.63) is 74.0 Å². The molecule has 0 amide bonds. The van der Waals surface area contributed by atoms with Gasteiger partial charge in [-0.2, -0.15) is 0 Å². The van der Waals surface area contributed by atoms with E-state index in [0.29, 0.717) is 31.1 Å². The Balaban J connectivity index is 1.72. The summed E-state index contributed by atoms with van der Waals surface area (Å²) < 4.78 is 6.61. The minimum Gasteiger partial charge on any atom is -0.465 e. The molecule has 0 bridgehead atoms. The van der Waals surface area contributed by atoms with E-state index in [4.69, 9.17) is 4.74 Å². The molecule has 0 unspecified atom stereocenters. The second kappa shape index (κ2) is 11.4. The van der Waals surface area contributed by atoms with Gasteiger partial charge in [0.05, 0.1) is 12.6 Å². The van der Waals surface area contributed by atoms with Crippen molar-refractivity contribution in [1.29, 1.82) is 0 Å². The van der Waals surface area contributed by atoms with Crippen LogP contribution in [-0.2, 0) is 29.2 Å². The van der Waals surface area contributed by atoms with Gasteiger partial charge >= 0.3 is 5.97 Å². The summed E-state index contributed by atoms with van der Waals surface area (Å²) in [5, 5.41) is 15.2. The van der Waals surface area contributed by atoms with E-state index in [9.17, 15) is 9.59 Å². The first kappa shape index (κ1) is 24.7. The molecule has 3 aromatic heterocycles. The first-order chi connectivity index (χ1) is 17.0. The average Bonchev–Trinajstić information content (AvgIpc) is 3.50. The molecule has 10 heteroatoms. The van der Waals surface area contributed by atoms with Crippen LogP contribution in [0.1, 0.15) is 54.6 Å². The number of carbonyl (C=O) groups is 1. The van der Waals surface area contributed by atoms with Gasteiger partial charge in [-0.3, -0.25) is 14.5 Å². The van der Waals surface area contributed by atoms with Gasteiger partial charge in [-0.05, 0) is 65.7 Å². The van der Waals surface area contributed by atoms with E-state index in [1.54, 1.807) is 18.3 Å². The van der Waals surface area contributed by atoms with E-state index in [1.807, 2.05) is 36.6 Å². The fourth-order valence-corrected chi connectivity index (χ4v) is 4.96. The molecule has 0 radical (unpaired) electrons. The van der Waals surface area contributed by atoms with Crippen LogP contribution in [0.5, 0.6) is 0 Å². The molecule has 4 rings (SSSR count). The summed E-state index contributed by atoms with van der Waals surface area (Å²) >= 11 is 1.66. The number of hydrogen-bond acceptors (Lipinski definition) is 8. The van der Waals surface area contributed by atoms with Crippen molar-refractivity contribution >= 4 is 28.2 Å². The van der Waals surface area contributed by atoms with Crippen LogP contribution >= 0.6 is 11.3 Å². The smallest absolute Gasteiger partial charge is 0.327 e. The number of benzene rings is 1. The third-order valence-electron chi connectivity index (χ3n) is 5.83. The highest BCUT2D eigenvalue weighted by Gasteiger charge is 2.28. The van der Waals surface area contributed by atoms with Crippen molar-refractivity contribution in [2.75, 3.05) is 6.61 Å². The van der Waals surface area contributed by atoms with Crippen molar-refractivity contribution in [2.24, 2.45) is 0 Å². The number of thiophene rings is 1. The summed E-state index contributed by atoms with van der Waals surface area (Å²) in [5.74, 6) is 0.201. The number of aromatic amines is 1. The number of aromatic nitrogens is 5. The largest absolute Gasteiger partial charge is 0.465 e. The Labute approximate surface area is 207 Å². The Morgan fingerprint density at radius 2 is 2.09 bits per heavy atom. The Kier molecular flexibility index (Phi) is 8.04. The molecule has 0 aliphatic rings. The zero-order chi connectivity index (χ0) is 24.8. The maximum Gasteiger partial charge on any atom is 0.327 e. The lowest BCUT2D eigenvalue weighted by Gasteiger charge is -2.30. The van der Waals surface area contributed by atoms with Gasteiger partial charge in [0.1, 0.15) is 6.54 Å². The van der Waals surface area contributed by atoms with Crippen molar-refractivity contribution in [3.8, 4) is 0 Å². The number of tetrazole rings is 1. The molecular formula is C25H30N6O3S. The van der Waals surface area contributed by atoms with Crippen molar-refractivity contribution in [1.82, 2.24) is 30.1 Å². The van der Waals surface area contributed by atoms with Crippen LogP contribution in [0.2, 0.25) is 0 Å². The normalized spacial score (nSPS) is 12.3. The van der Waals surface area contributed by atoms with Crippen LogP contribution in [0.25, 0.3) is 10.9 Å². The van der Waals surface area contributed by atoms with Crippen LogP contribution in [-0.4, -0.2) is 42.7 Å². The van der Waals surface area contributed by atoms with Crippen LogP contribution in [0, 0.1) is 6.92 Å². The van der Waals surface area contributed by atoms with E-state index in [2.05, 4.69) is 44.5 Å². The first-order valence-corrected chi connectivity index (χ1v) is 12.7. The van der Waals surface area contributed by atoms with Gasteiger partial charge in [0.25, 0.3) is 5.56 Å². The Bertz CT molecular complexity index is 1330. The van der Waals surface area contributed by atoms with Crippen LogP contribution in [0.15, 0.2) is 46.6 Å². The predicted octanol–water partition coefficient (Wildman–Crippen LogP) is 3.99. The molecule has 3 heterocycles. The summed E-state index contributed by atoms with van der Waals surface area (Å²) in [5.41, 5.74) is 2.51. The zero-order valence-corrected chi connectivity index (χ0v) is 21.0. The van der Waals surface area contributed by atoms with Gasteiger partial charge in [0.2, 0.25) is 0 Å². The highest BCUT2D eigenvalue weighted by atomic mass is 32.1. The zero-order valence-electron chi connectivity index (χ0n) is 20.2. The maximum atomic E-state index is 13.0. The van der Waals surface area contributed by atoms with Gasteiger partial charge in [-0.1, -0.05) is 31.0 Å². The summed E-state index contributed by atoms with van der Waals surface area (Å²) in [7, 11) is 0. The highest BCUT2D eigenvalue weighted by molar-refractivity contribution is 7.09. The molecule has 1 aromatic carbocycles. The lowest BCUT2D eigenvalue weighted by atomic mass is 10.1. The number of fused-ring (bicyclic) bond motifs is 1. The molecule has 9 nitrogen and oxygen atoms in total. The molecule has 0 aliphatic carbocycles. The van der Waals surface area contributed by atoms with Crippen LogP contribution in [0.3, 0.4) is 0 Å². The monoisotopic (exact) mass is 494 g/mol. The molecule has 35 heavy (non-hydrogen) atoms. The Morgan fingerprint density at radius 1 is 1.23 bits per heavy atom. The van der Waals surface area contributed by atoms with E-state index >= 15 is 0 Å². The third kappa shape index (κ3) is 6.01. The van der Waals surface area contributed by atoms with Crippen molar-refractivity contribution < 1.29 is 9.53 Å². The molecule has 0 fully saturated rings. The van der Waals surface area contributed by atoms with Crippen molar-refractivity contribution in [2.45, 2.75) is 59.3 Å². The number of hydrogen-bond donors (Lipinski definition) is 1. The Hall–Kier alpha value is -3.37. The van der Waals surface area contributed by atoms with Gasteiger partial charge in [0.15, 0.2) is 5.82 Å². The number of pyridine rings is 1. The summed E-state index contributed by atoms with van der Waals surface area (Å²) in [4.78, 5) is 31.6. The third-order valence-corrected chi connectivity index (χ3v) is 6.69. The summed E-state index contributed by atoms with van der Waals surface area (Å²) in [6.07, 6.45) is 1.64. The first-order valence-electron chi connectivity index (χ1n) is 11.8. The van der Waals surface area contributed by atoms with E-state index in [1.165, 1.54) is 9.56 Å². The second-order valence-corrected chi connectivity index (χ2v) is 9.54. The number of nitrogens with zero attached hydrogens (tertiary/aromatic N) is 5. The molecule has 0 saturated carbocycles. The standard InChI is InChI=1S/C25H30N6O3S/c1-4-7-22(24-27-28-29-31(24)16-23(32)34-5-2)30(15-20-8-6-11-35-20)14-19-13-18-12-17(3)9-10-21(18)26-25(19)33/h6,8-13,22H,4-5,7,14-16H2,1-3H3,(H,26,33)/t22-/m0/s1. The molecule has 0 saturated heterocycles. The number of aryl methyl sites for hydroxylation is 1. The van der Waals surface area contributed by atoms with Crippen LogP contribution < -0.4 is 5.56 Å². The van der Waals surface area contributed by atoms with Crippen LogP contribution in [0.4, 0.5) is 0 Å². The van der Waals surface area contributed by atoms with Gasteiger partial charge < -0.3 is 9.72 Å². The minimum atomic E-state index is -0.387. The SMILES string of the molecule is CCC[C@@H](c1nnnn1CC(=O)OCC)N(Cc1cccs1)Cc1cc2cc(C)ccc2[nH]c1=O. The van der Waals surface area contributed by atoms with Crippen molar-refractivity contribution in [3.63, 3.8) is 0 Å². The predicted molar refractivity (Wildman–Crippen MR) is 135 cm³/mol. The number of rotatable bonds is 11.